The van der Waals surface area contributed by atoms with Gasteiger partial charge < -0.3 is 0 Å². The quantitative estimate of drug-likeness (QED) is 0.791. The summed E-state index contributed by atoms with van der Waals surface area (Å²) in [5, 5.41) is 0. The lowest BCUT2D eigenvalue weighted by atomic mass is 10.1. The molecule has 1 rings (SSSR count). The van der Waals surface area contributed by atoms with Crippen LogP contribution in [0.1, 0.15) is 25.8 Å². The summed E-state index contributed by atoms with van der Waals surface area (Å²) in [7, 11) is -3.46. The molecule has 0 saturated heterocycles. The van der Waals surface area contributed by atoms with Crippen LogP contribution in [0.25, 0.3) is 0 Å². The van der Waals surface area contributed by atoms with E-state index in [4.69, 9.17) is 0 Å². The van der Waals surface area contributed by atoms with Crippen LogP contribution in [0.3, 0.4) is 0 Å². The van der Waals surface area contributed by atoms with E-state index < -0.39 is 15.9 Å². The third kappa shape index (κ3) is 4.14. The van der Waals surface area contributed by atoms with Gasteiger partial charge in [0.25, 0.3) is 0 Å². The second kappa shape index (κ2) is 6.54. The molecule has 1 amide bonds. The predicted octanol–water partition coefficient (Wildman–Crippen LogP) is 1.82. The number of nitrogens with zero attached hydrogens (tertiary/aromatic N) is 1. The minimum Gasteiger partial charge on any atom is -0.274 e. The fourth-order valence-corrected chi connectivity index (χ4v) is 3.23. The van der Waals surface area contributed by atoms with Crippen molar-refractivity contribution in [2.45, 2.75) is 26.7 Å². The van der Waals surface area contributed by atoms with E-state index in [1.807, 2.05) is 30.3 Å². The summed E-state index contributed by atoms with van der Waals surface area (Å²) in [6.45, 7) is 3.28. The van der Waals surface area contributed by atoms with Gasteiger partial charge in [-0.05, 0) is 18.4 Å². The van der Waals surface area contributed by atoms with E-state index in [0.29, 0.717) is 12.8 Å². The SMILES string of the molecule is CCCS(=O)(=O)N(CCc1ccccc1)C(C)=O. The maximum Gasteiger partial charge on any atom is 0.237 e. The Morgan fingerprint density at radius 3 is 2.33 bits per heavy atom. The molecule has 1 aromatic rings. The van der Waals surface area contributed by atoms with Crippen LogP contribution in [0.5, 0.6) is 0 Å². The molecule has 5 heteroatoms. The summed E-state index contributed by atoms with van der Waals surface area (Å²) in [4.78, 5) is 11.4. The Hall–Kier alpha value is -1.36. The highest BCUT2D eigenvalue weighted by Gasteiger charge is 2.23. The zero-order chi connectivity index (χ0) is 13.6. The molecule has 0 aliphatic heterocycles. The molecule has 4 nitrogen and oxygen atoms in total. The van der Waals surface area contributed by atoms with Crippen molar-refractivity contribution in [1.82, 2.24) is 4.31 Å². The second-order valence-corrected chi connectivity index (χ2v) is 6.16. The molecular formula is C13H19NO3S. The molecule has 0 aliphatic carbocycles. The minimum absolute atomic E-state index is 0.0152. The number of amides is 1. The zero-order valence-electron chi connectivity index (χ0n) is 10.8. The first-order valence-corrected chi connectivity index (χ1v) is 7.63. The summed E-state index contributed by atoms with van der Waals surface area (Å²) in [6, 6.07) is 9.54. The normalized spacial score (nSPS) is 11.2. The first-order chi connectivity index (χ1) is 8.47. The average molecular weight is 269 g/mol. The number of sulfonamides is 1. The van der Waals surface area contributed by atoms with Crippen molar-refractivity contribution in [1.29, 1.82) is 0 Å². The van der Waals surface area contributed by atoms with Gasteiger partial charge in [0.2, 0.25) is 15.9 Å². The highest BCUT2D eigenvalue weighted by Crippen LogP contribution is 2.07. The fraction of sp³-hybridized carbons (Fsp3) is 0.462. The molecule has 0 spiro atoms. The van der Waals surface area contributed by atoms with Gasteiger partial charge in [-0.25, -0.2) is 12.7 Å². The van der Waals surface area contributed by atoms with Crippen molar-refractivity contribution >= 4 is 15.9 Å². The molecular weight excluding hydrogens is 250 g/mol. The molecule has 0 N–H and O–H groups in total. The Morgan fingerprint density at radius 2 is 1.83 bits per heavy atom. The number of rotatable bonds is 6. The van der Waals surface area contributed by atoms with E-state index in [2.05, 4.69) is 0 Å². The molecule has 0 fully saturated rings. The highest BCUT2D eigenvalue weighted by atomic mass is 32.2. The molecule has 1 aromatic carbocycles. The lowest BCUT2D eigenvalue weighted by Gasteiger charge is -2.20. The zero-order valence-corrected chi connectivity index (χ0v) is 11.6. The first kappa shape index (κ1) is 14.7. The van der Waals surface area contributed by atoms with Gasteiger partial charge in [0.15, 0.2) is 0 Å². The monoisotopic (exact) mass is 269 g/mol. The van der Waals surface area contributed by atoms with Crippen LogP contribution in [-0.4, -0.2) is 30.9 Å². The van der Waals surface area contributed by atoms with Crippen molar-refractivity contribution in [2.24, 2.45) is 0 Å². The lowest BCUT2D eigenvalue weighted by molar-refractivity contribution is -0.124. The Bertz CT molecular complexity index is 482. The third-order valence-electron chi connectivity index (χ3n) is 2.60. The Balaban J connectivity index is 2.74. The predicted molar refractivity (Wildman–Crippen MR) is 71.6 cm³/mol. The van der Waals surface area contributed by atoms with Crippen LogP contribution < -0.4 is 0 Å². The summed E-state index contributed by atoms with van der Waals surface area (Å²) in [6.07, 6.45) is 1.06. The fourth-order valence-electron chi connectivity index (χ4n) is 1.74. The third-order valence-corrected chi connectivity index (χ3v) is 4.63. The average Bonchev–Trinajstić information content (AvgIpc) is 2.29. The van der Waals surface area contributed by atoms with Crippen LogP contribution in [0.4, 0.5) is 0 Å². The Labute approximate surface area is 109 Å². The van der Waals surface area contributed by atoms with Crippen molar-refractivity contribution < 1.29 is 13.2 Å². The first-order valence-electron chi connectivity index (χ1n) is 6.02. The van der Waals surface area contributed by atoms with E-state index in [0.717, 1.165) is 9.87 Å². The molecule has 0 heterocycles. The van der Waals surface area contributed by atoms with Crippen LogP contribution >= 0.6 is 0 Å². The van der Waals surface area contributed by atoms with Crippen LogP contribution in [0, 0.1) is 0 Å². The van der Waals surface area contributed by atoms with Gasteiger partial charge in [0.05, 0.1) is 5.75 Å². The topological polar surface area (TPSA) is 54.5 Å². The van der Waals surface area contributed by atoms with E-state index in [-0.39, 0.29) is 12.3 Å². The summed E-state index contributed by atoms with van der Waals surface area (Å²) in [5.74, 6) is -0.402. The van der Waals surface area contributed by atoms with Crippen molar-refractivity contribution in [2.75, 3.05) is 12.3 Å². The molecule has 0 aromatic heterocycles. The molecule has 18 heavy (non-hydrogen) atoms. The maximum atomic E-state index is 11.9. The van der Waals surface area contributed by atoms with E-state index >= 15 is 0 Å². The van der Waals surface area contributed by atoms with E-state index in [1.54, 1.807) is 6.92 Å². The molecule has 100 valence electrons. The number of carbonyl (C=O) groups excluding carboxylic acids is 1. The molecule has 0 saturated carbocycles. The second-order valence-electron chi connectivity index (χ2n) is 4.14. The number of hydrogen-bond donors (Lipinski definition) is 0. The molecule has 0 atom stereocenters. The molecule has 0 radical (unpaired) electrons. The van der Waals surface area contributed by atoms with Gasteiger partial charge in [-0.15, -0.1) is 0 Å². The summed E-state index contributed by atoms with van der Waals surface area (Å²) < 4.78 is 24.8. The smallest absolute Gasteiger partial charge is 0.237 e. The van der Waals surface area contributed by atoms with Gasteiger partial charge >= 0.3 is 0 Å². The van der Waals surface area contributed by atoms with Crippen molar-refractivity contribution in [3.05, 3.63) is 35.9 Å². The number of hydrogen-bond acceptors (Lipinski definition) is 3. The lowest BCUT2D eigenvalue weighted by Crippen LogP contribution is -2.38. The van der Waals surface area contributed by atoms with Gasteiger partial charge in [0.1, 0.15) is 0 Å². The standard InChI is InChI=1S/C13H19NO3S/c1-3-11-18(16,17)14(12(2)15)10-9-13-7-5-4-6-8-13/h4-8H,3,9-11H2,1-2H3. The number of carbonyl (C=O) groups is 1. The van der Waals surface area contributed by atoms with Crippen molar-refractivity contribution in [3.8, 4) is 0 Å². The largest absolute Gasteiger partial charge is 0.274 e. The van der Waals surface area contributed by atoms with E-state index in [1.165, 1.54) is 6.92 Å². The van der Waals surface area contributed by atoms with Crippen LogP contribution in [0.2, 0.25) is 0 Å². The van der Waals surface area contributed by atoms with Gasteiger partial charge in [-0.2, -0.15) is 0 Å². The molecule has 0 aliphatic rings. The van der Waals surface area contributed by atoms with Crippen LogP contribution in [0.15, 0.2) is 30.3 Å². The van der Waals surface area contributed by atoms with Gasteiger partial charge in [-0.1, -0.05) is 37.3 Å². The molecule has 0 unspecified atom stereocenters. The minimum atomic E-state index is -3.46. The van der Waals surface area contributed by atoms with Gasteiger partial charge in [0, 0.05) is 13.5 Å². The van der Waals surface area contributed by atoms with Crippen molar-refractivity contribution in [3.63, 3.8) is 0 Å². The van der Waals surface area contributed by atoms with E-state index in [9.17, 15) is 13.2 Å². The Kier molecular flexibility index (Phi) is 5.34. The maximum absolute atomic E-state index is 11.9. The Morgan fingerprint density at radius 1 is 1.22 bits per heavy atom. The summed E-state index contributed by atoms with van der Waals surface area (Å²) in [5.41, 5.74) is 1.02. The molecule has 0 bridgehead atoms. The summed E-state index contributed by atoms with van der Waals surface area (Å²) >= 11 is 0. The highest BCUT2D eigenvalue weighted by molar-refractivity contribution is 7.89. The van der Waals surface area contributed by atoms with Gasteiger partial charge in [-0.3, -0.25) is 4.79 Å². The number of benzene rings is 1. The van der Waals surface area contributed by atoms with Crippen LogP contribution in [-0.2, 0) is 21.2 Å².